The summed E-state index contributed by atoms with van der Waals surface area (Å²) in [4.78, 5) is 17.1. The highest BCUT2D eigenvalue weighted by Crippen LogP contribution is 2.29. The third-order valence-electron chi connectivity index (χ3n) is 4.17. The maximum absolute atomic E-state index is 12.5. The minimum atomic E-state index is 0.134. The molecule has 0 saturated heterocycles. The SMILES string of the molecule is O=C(Cc1nc2ccccc2s1)C1Cc2ccccc2C1. The Morgan fingerprint density at radius 2 is 1.71 bits per heavy atom. The average Bonchev–Trinajstić information content (AvgIpc) is 3.10. The average molecular weight is 293 g/mol. The normalized spacial score (nSPS) is 14.5. The molecule has 1 aliphatic rings. The van der Waals surface area contributed by atoms with Gasteiger partial charge in [0.15, 0.2) is 0 Å². The molecule has 0 aliphatic heterocycles. The van der Waals surface area contributed by atoms with E-state index in [1.807, 2.05) is 18.2 Å². The van der Waals surface area contributed by atoms with Crippen molar-refractivity contribution in [2.75, 3.05) is 0 Å². The monoisotopic (exact) mass is 293 g/mol. The zero-order valence-corrected chi connectivity index (χ0v) is 12.4. The number of hydrogen-bond donors (Lipinski definition) is 0. The second kappa shape index (κ2) is 5.08. The molecule has 2 nitrogen and oxygen atoms in total. The summed E-state index contributed by atoms with van der Waals surface area (Å²) in [7, 11) is 0. The van der Waals surface area contributed by atoms with E-state index in [1.54, 1.807) is 11.3 Å². The van der Waals surface area contributed by atoms with Crippen molar-refractivity contribution in [2.24, 2.45) is 5.92 Å². The van der Waals surface area contributed by atoms with Gasteiger partial charge in [0.2, 0.25) is 0 Å². The molecule has 0 atom stereocenters. The predicted molar refractivity (Wildman–Crippen MR) is 85.7 cm³/mol. The van der Waals surface area contributed by atoms with Gasteiger partial charge in [0.1, 0.15) is 10.8 Å². The Labute approximate surface area is 127 Å². The van der Waals surface area contributed by atoms with Gasteiger partial charge in [-0.05, 0) is 36.1 Å². The quantitative estimate of drug-likeness (QED) is 0.734. The van der Waals surface area contributed by atoms with E-state index in [2.05, 4.69) is 35.3 Å². The number of fused-ring (bicyclic) bond motifs is 2. The van der Waals surface area contributed by atoms with Crippen LogP contribution < -0.4 is 0 Å². The lowest BCUT2D eigenvalue weighted by Gasteiger charge is -2.05. The molecule has 0 unspecified atom stereocenters. The molecule has 1 aromatic heterocycles. The lowest BCUT2D eigenvalue weighted by molar-refractivity contribution is -0.121. The van der Waals surface area contributed by atoms with E-state index in [4.69, 9.17) is 0 Å². The number of carbonyl (C=O) groups is 1. The van der Waals surface area contributed by atoms with Gasteiger partial charge in [0.05, 0.1) is 16.6 Å². The Morgan fingerprint density at radius 1 is 1.05 bits per heavy atom. The second-order valence-electron chi connectivity index (χ2n) is 5.59. The van der Waals surface area contributed by atoms with Crippen molar-refractivity contribution >= 4 is 27.3 Å². The molecule has 104 valence electrons. The zero-order chi connectivity index (χ0) is 14.2. The highest BCUT2D eigenvalue weighted by atomic mass is 32.1. The first kappa shape index (κ1) is 12.7. The number of thiazole rings is 1. The smallest absolute Gasteiger partial charge is 0.143 e. The molecule has 0 N–H and O–H groups in total. The Hall–Kier alpha value is -2.00. The van der Waals surface area contributed by atoms with Crippen LogP contribution in [0, 0.1) is 5.92 Å². The predicted octanol–water partition coefficient (Wildman–Crippen LogP) is 3.82. The third-order valence-corrected chi connectivity index (χ3v) is 5.21. The van der Waals surface area contributed by atoms with Crippen molar-refractivity contribution in [3.8, 4) is 0 Å². The van der Waals surface area contributed by atoms with Crippen molar-refractivity contribution in [1.82, 2.24) is 4.98 Å². The van der Waals surface area contributed by atoms with Crippen LogP contribution in [0.15, 0.2) is 48.5 Å². The molecule has 2 aromatic carbocycles. The van der Waals surface area contributed by atoms with E-state index in [0.717, 1.165) is 28.1 Å². The Balaban J connectivity index is 1.52. The fourth-order valence-electron chi connectivity index (χ4n) is 3.08. The number of ketones is 1. The summed E-state index contributed by atoms with van der Waals surface area (Å²) in [6.07, 6.45) is 2.25. The van der Waals surface area contributed by atoms with E-state index in [0.29, 0.717) is 12.2 Å². The Kier molecular flexibility index (Phi) is 3.08. The largest absolute Gasteiger partial charge is 0.299 e. The van der Waals surface area contributed by atoms with Crippen LogP contribution in [0.2, 0.25) is 0 Å². The second-order valence-corrected chi connectivity index (χ2v) is 6.71. The van der Waals surface area contributed by atoms with Crippen LogP contribution in [0.3, 0.4) is 0 Å². The maximum Gasteiger partial charge on any atom is 0.143 e. The molecule has 0 bridgehead atoms. The van der Waals surface area contributed by atoms with Crippen molar-refractivity contribution in [2.45, 2.75) is 19.3 Å². The fraction of sp³-hybridized carbons (Fsp3) is 0.222. The van der Waals surface area contributed by atoms with Crippen LogP contribution in [0.4, 0.5) is 0 Å². The summed E-state index contributed by atoms with van der Waals surface area (Å²) in [6.45, 7) is 0. The first-order valence-corrected chi connectivity index (χ1v) is 8.05. The molecule has 0 fully saturated rings. The number of para-hydroxylation sites is 1. The van der Waals surface area contributed by atoms with E-state index < -0.39 is 0 Å². The first-order valence-electron chi connectivity index (χ1n) is 7.23. The van der Waals surface area contributed by atoms with Gasteiger partial charge in [-0.15, -0.1) is 11.3 Å². The minimum Gasteiger partial charge on any atom is -0.299 e. The highest BCUT2D eigenvalue weighted by molar-refractivity contribution is 7.18. The summed E-state index contributed by atoms with van der Waals surface area (Å²) in [5, 5.41) is 0.942. The summed E-state index contributed by atoms with van der Waals surface area (Å²) in [5.41, 5.74) is 3.67. The van der Waals surface area contributed by atoms with Crippen molar-refractivity contribution < 1.29 is 4.79 Å². The van der Waals surface area contributed by atoms with Gasteiger partial charge < -0.3 is 0 Å². The Bertz CT molecular complexity index is 763. The molecular weight excluding hydrogens is 278 g/mol. The van der Waals surface area contributed by atoms with E-state index in [-0.39, 0.29) is 5.92 Å². The van der Waals surface area contributed by atoms with Crippen LogP contribution in [0.5, 0.6) is 0 Å². The van der Waals surface area contributed by atoms with Gasteiger partial charge in [-0.25, -0.2) is 4.98 Å². The molecule has 3 heteroatoms. The standard InChI is InChI=1S/C18H15NOS/c20-16(14-9-12-5-1-2-6-13(12)10-14)11-18-19-15-7-3-4-8-17(15)21-18/h1-8,14H,9-11H2. The number of Topliss-reactive ketones (excluding diaryl/α,β-unsaturated/α-hetero) is 1. The van der Waals surface area contributed by atoms with Gasteiger partial charge in [-0.1, -0.05) is 36.4 Å². The van der Waals surface area contributed by atoms with Crippen LogP contribution >= 0.6 is 11.3 Å². The number of benzene rings is 2. The molecule has 4 rings (SSSR count). The molecule has 0 saturated carbocycles. The maximum atomic E-state index is 12.5. The summed E-state index contributed by atoms with van der Waals surface area (Å²) in [5.74, 6) is 0.458. The molecule has 1 heterocycles. The molecule has 21 heavy (non-hydrogen) atoms. The zero-order valence-electron chi connectivity index (χ0n) is 11.6. The summed E-state index contributed by atoms with van der Waals surface area (Å²) < 4.78 is 1.16. The molecule has 0 amide bonds. The van der Waals surface area contributed by atoms with Gasteiger partial charge in [-0.2, -0.15) is 0 Å². The van der Waals surface area contributed by atoms with Crippen LogP contribution in [0.25, 0.3) is 10.2 Å². The third kappa shape index (κ3) is 2.38. The topological polar surface area (TPSA) is 30.0 Å². The lowest BCUT2D eigenvalue weighted by Crippen LogP contribution is -2.17. The summed E-state index contributed by atoms with van der Waals surface area (Å²) >= 11 is 1.64. The summed E-state index contributed by atoms with van der Waals surface area (Å²) in [6, 6.07) is 16.5. The van der Waals surface area contributed by atoms with E-state index in [1.165, 1.54) is 11.1 Å². The van der Waals surface area contributed by atoms with E-state index in [9.17, 15) is 4.79 Å². The van der Waals surface area contributed by atoms with Gasteiger partial charge in [0, 0.05) is 5.92 Å². The molecule has 0 radical (unpaired) electrons. The lowest BCUT2D eigenvalue weighted by atomic mass is 9.99. The number of carbonyl (C=O) groups excluding carboxylic acids is 1. The van der Waals surface area contributed by atoms with Crippen molar-refractivity contribution in [3.63, 3.8) is 0 Å². The molecule has 3 aromatic rings. The molecule has 1 aliphatic carbocycles. The Morgan fingerprint density at radius 3 is 2.43 bits per heavy atom. The van der Waals surface area contributed by atoms with E-state index >= 15 is 0 Å². The van der Waals surface area contributed by atoms with Crippen molar-refractivity contribution in [1.29, 1.82) is 0 Å². The molecular formula is C18H15NOS. The van der Waals surface area contributed by atoms with Crippen LogP contribution in [-0.4, -0.2) is 10.8 Å². The number of nitrogens with zero attached hydrogens (tertiary/aromatic N) is 1. The fourth-order valence-corrected chi connectivity index (χ4v) is 4.05. The number of aromatic nitrogens is 1. The number of rotatable bonds is 3. The van der Waals surface area contributed by atoms with Crippen LogP contribution in [0.1, 0.15) is 16.1 Å². The highest BCUT2D eigenvalue weighted by Gasteiger charge is 2.27. The van der Waals surface area contributed by atoms with Gasteiger partial charge in [0.25, 0.3) is 0 Å². The van der Waals surface area contributed by atoms with Gasteiger partial charge >= 0.3 is 0 Å². The minimum absolute atomic E-state index is 0.134. The first-order chi connectivity index (χ1) is 10.3. The number of hydrogen-bond acceptors (Lipinski definition) is 3. The van der Waals surface area contributed by atoms with Gasteiger partial charge in [-0.3, -0.25) is 4.79 Å². The molecule has 0 spiro atoms. The van der Waals surface area contributed by atoms with Crippen LogP contribution in [-0.2, 0) is 24.1 Å². The van der Waals surface area contributed by atoms with Crippen molar-refractivity contribution in [3.05, 3.63) is 64.7 Å².